The van der Waals surface area contributed by atoms with E-state index in [4.69, 9.17) is 21.1 Å². The zero-order valence-electron chi connectivity index (χ0n) is 16.0. The lowest BCUT2D eigenvalue weighted by Crippen LogP contribution is -2.41. The second kappa shape index (κ2) is 8.53. The van der Waals surface area contributed by atoms with Crippen LogP contribution in [0.3, 0.4) is 0 Å². The van der Waals surface area contributed by atoms with Crippen LogP contribution in [0.2, 0.25) is 5.02 Å². The van der Waals surface area contributed by atoms with Crippen LogP contribution < -0.4 is 14.8 Å². The molecule has 29 heavy (non-hydrogen) atoms. The van der Waals surface area contributed by atoms with Crippen molar-refractivity contribution in [1.82, 2.24) is 10.3 Å². The van der Waals surface area contributed by atoms with Crippen LogP contribution in [-0.4, -0.2) is 29.6 Å². The van der Waals surface area contributed by atoms with E-state index in [-0.39, 0.29) is 12.0 Å². The third kappa shape index (κ3) is 4.69. The number of carbonyl (C=O) groups excluding carboxylic acids is 1. The molecule has 5 nitrogen and oxygen atoms in total. The van der Waals surface area contributed by atoms with Gasteiger partial charge >= 0.3 is 0 Å². The molecule has 0 radical (unpaired) electrons. The third-order valence-corrected chi connectivity index (χ3v) is 5.01. The average Bonchev–Trinajstić information content (AvgIpc) is 3.14. The quantitative estimate of drug-likeness (QED) is 0.661. The molecule has 0 saturated carbocycles. The van der Waals surface area contributed by atoms with Crippen molar-refractivity contribution in [2.75, 3.05) is 6.54 Å². The standard InChI is InChI=1S/C23H21ClN2O3/c1-15(28-20-6-2-5-19(24)12-20)23(27)26-14-21-11-18-10-16(7-8-22(18)29-21)17-4-3-9-25-13-17/h2-10,12-13,15,21H,11,14H2,1H3,(H,26,27). The number of aromatic nitrogens is 1. The number of hydrogen-bond donors (Lipinski definition) is 1. The fraction of sp³-hybridized carbons (Fsp3) is 0.217. The number of amides is 1. The van der Waals surface area contributed by atoms with Gasteiger partial charge in [0.2, 0.25) is 0 Å². The first kappa shape index (κ1) is 19.3. The van der Waals surface area contributed by atoms with Crippen LogP contribution in [0.4, 0.5) is 0 Å². The minimum atomic E-state index is -0.630. The molecule has 0 bridgehead atoms. The van der Waals surface area contributed by atoms with Crippen molar-refractivity contribution in [3.63, 3.8) is 0 Å². The summed E-state index contributed by atoms with van der Waals surface area (Å²) >= 11 is 5.95. The Balaban J connectivity index is 1.32. The Morgan fingerprint density at radius 3 is 2.93 bits per heavy atom. The van der Waals surface area contributed by atoms with E-state index >= 15 is 0 Å². The molecule has 4 rings (SSSR count). The molecule has 1 aliphatic rings. The fourth-order valence-electron chi connectivity index (χ4n) is 3.30. The van der Waals surface area contributed by atoms with Crippen molar-refractivity contribution in [2.45, 2.75) is 25.6 Å². The number of ether oxygens (including phenoxy) is 2. The molecular weight excluding hydrogens is 388 g/mol. The van der Waals surface area contributed by atoms with Crippen LogP contribution in [0.25, 0.3) is 11.1 Å². The van der Waals surface area contributed by atoms with Gasteiger partial charge in [0.1, 0.15) is 17.6 Å². The first-order valence-electron chi connectivity index (χ1n) is 9.48. The number of pyridine rings is 1. The lowest BCUT2D eigenvalue weighted by Gasteiger charge is -2.17. The minimum Gasteiger partial charge on any atom is -0.488 e. The lowest BCUT2D eigenvalue weighted by atomic mass is 10.0. The van der Waals surface area contributed by atoms with Crippen molar-refractivity contribution in [3.05, 3.63) is 77.6 Å². The highest BCUT2D eigenvalue weighted by Crippen LogP contribution is 2.32. The number of fused-ring (bicyclic) bond motifs is 1. The van der Waals surface area contributed by atoms with E-state index in [0.29, 0.717) is 17.3 Å². The number of nitrogens with one attached hydrogen (secondary N) is 1. The van der Waals surface area contributed by atoms with Gasteiger partial charge in [-0.25, -0.2) is 0 Å². The second-order valence-corrected chi connectivity index (χ2v) is 7.41. The molecule has 2 heterocycles. The molecule has 1 N–H and O–H groups in total. The summed E-state index contributed by atoms with van der Waals surface area (Å²) in [4.78, 5) is 16.5. The molecular formula is C23H21ClN2O3. The van der Waals surface area contributed by atoms with Gasteiger partial charge in [-0.1, -0.05) is 29.8 Å². The molecule has 2 atom stereocenters. The van der Waals surface area contributed by atoms with E-state index in [1.54, 1.807) is 37.4 Å². The van der Waals surface area contributed by atoms with Crippen LogP contribution in [0.5, 0.6) is 11.5 Å². The first-order chi connectivity index (χ1) is 14.1. The predicted octanol–water partition coefficient (Wildman–Crippen LogP) is 4.29. The number of nitrogens with zero attached hydrogens (tertiary/aromatic N) is 1. The van der Waals surface area contributed by atoms with E-state index in [0.717, 1.165) is 28.9 Å². The van der Waals surface area contributed by atoms with Crippen LogP contribution in [0.15, 0.2) is 67.0 Å². The molecule has 3 aromatic rings. The first-order valence-corrected chi connectivity index (χ1v) is 9.86. The van der Waals surface area contributed by atoms with Gasteiger partial charge in [0.25, 0.3) is 5.91 Å². The van der Waals surface area contributed by atoms with E-state index in [1.807, 2.05) is 30.5 Å². The molecule has 1 aromatic heterocycles. The maximum atomic E-state index is 12.4. The summed E-state index contributed by atoms with van der Waals surface area (Å²) in [6.45, 7) is 2.12. The average molecular weight is 409 g/mol. The van der Waals surface area contributed by atoms with Crippen molar-refractivity contribution in [1.29, 1.82) is 0 Å². The summed E-state index contributed by atoms with van der Waals surface area (Å²) < 4.78 is 11.6. The largest absolute Gasteiger partial charge is 0.488 e. The molecule has 0 fully saturated rings. The van der Waals surface area contributed by atoms with Gasteiger partial charge in [0.05, 0.1) is 6.54 Å². The molecule has 2 unspecified atom stereocenters. The summed E-state index contributed by atoms with van der Waals surface area (Å²) in [5, 5.41) is 3.48. The summed E-state index contributed by atoms with van der Waals surface area (Å²) in [6, 6.07) is 17.1. The Bertz CT molecular complexity index is 1010. The molecule has 6 heteroatoms. The van der Waals surface area contributed by atoms with Crippen molar-refractivity contribution in [2.24, 2.45) is 0 Å². The van der Waals surface area contributed by atoms with Crippen LogP contribution in [0, 0.1) is 0 Å². The number of carbonyl (C=O) groups is 1. The second-order valence-electron chi connectivity index (χ2n) is 6.97. The molecule has 1 amide bonds. The number of benzene rings is 2. The Morgan fingerprint density at radius 2 is 2.14 bits per heavy atom. The molecule has 148 valence electrons. The molecule has 0 saturated heterocycles. The topological polar surface area (TPSA) is 60.5 Å². The Morgan fingerprint density at radius 1 is 1.24 bits per heavy atom. The zero-order chi connectivity index (χ0) is 20.2. The zero-order valence-corrected chi connectivity index (χ0v) is 16.7. The summed E-state index contributed by atoms with van der Waals surface area (Å²) in [7, 11) is 0. The van der Waals surface area contributed by atoms with Crippen LogP contribution in [-0.2, 0) is 11.2 Å². The monoisotopic (exact) mass is 408 g/mol. The van der Waals surface area contributed by atoms with Crippen LogP contribution in [0.1, 0.15) is 12.5 Å². The van der Waals surface area contributed by atoms with Crippen molar-refractivity contribution in [3.8, 4) is 22.6 Å². The highest BCUT2D eigenvalue weighted by atomic mass is 35.5. The van der Waals surface area contributed by atoms with Crippen molar-refractivity contribution >= 4 is 17.5 Å². The van der Waals surface area contributed by atoms with Crippen LogP contribution >= 0.6 is 11.6 Å². The van der Waals surface area contributed by atoms with E-state index in [9.17, 15) is 4.79 Å². The van der Waals surface area contributed by atoms with E-state index in [2.05, 4.69) is 16.4 Å². The van der Waals surface area contributed by atoms with Gasteiger partial charge < -0.3 is 14.8 Å². The smallest absolute Gasteiger partial charge is 0.260 e. The molecule has 2 aromatic carbocycles. The number of halogens is 1. The predicted molar refractivity (Wildman–Crippen MR) is 112 cm³/mol. The minimum absolute atomic E-state index is 0.100. The third-order valence-electron chi connectivity index (χ3n) is 4.78. The van der Waals surface area contributed by atoms with E-state index < -0.39 is 6.10 Å². The normalized spacial score (nSPS) is 15.9. The number of hydrogen-bond acceptors (Lipinski definition) is 4. The number of rotatable bonds is 6. The SMILES string of the molecule is CC(Oc1cccc(Cl)c1)C(=O)NCC1Cc2cc(-c3cccnc3)ccc2O1. The fourth-order valence-corrected chi connectivity index (χ4v) is 3.48. The summed E-state index contributed by atoms with van der Waals surface area (Å²) in [6.07, 6.45) is 3.62. The van der Waals surface area contributed by atoms with Crippen molar-refractivity contribution < 1.29 is 14.3 Å². The van der Waals surface area contributed by atoms with Gasteiger partial charge in [-0.05, 0) is 54.4 Å². The lowest BCUT2D eigenvalue weighted by molar-refractivity contribution is -0.127. The van der Waals surface area contributed by atoms with Gasteiger partial charge in [-0.3, -0.25) is 9.78 Å². The summed E-state index contributed by atoms with van der Waals surface area (Å²) in [5.74, 6) is 1.23. The molecule has 1 aliphatic heterocycles. The van der Waals surface area contributed by atoms with Gasteiger partial charge in [-0.2, -0.15) is 0 Å². The highest BCUT2D eigenvalue weighted by Gasteiger charge is 2.25. The summed E-state index contributed by atoms with van der Waals surface area (Å²) in [5.41, 5.74) is 3.31. The van der Waals surface area contributed by atoms with E-state index in [1.165, 1.54) is 0 Å². The molecule has 0 aliphatic carbocycles. The maximum absolute atomic E-state index is 12.4. The van der Waals surface area contributed by atoms with Gasteiger partial charge in [0, 0.05) is 29.4 Å². The maximum Gasteiger partial charge on any atom is 0.260 e. The Labute approximate surface area is 174 Å². The molecule has 0 spiro atoms. The Hall–Kier alpha value is -3.05. The van der Waals surface area contributed by atoms with Gasteiger partial charge in [-0.15, -0.1) is 0 Å². The van der Waals surface area contributed by atoms with Gasteiger partial charge in [0.15, 0.2) is 6.10 Å². The Kier molecular flexibility index (Phi) is 5.67. The highest BCUT2D eigenvalue weighted by molar-refractivity contribution is 6.30.